The Hall–Kier alpha value is -2.00. The smallest absolute Gasteiger partial charge is 0.279 e. The number of rotatable bonds is 10. The van der Waals surface area contributed by atoms with Crippen molar-refractivity contribution in [3.8, 4) is 10.9 Å². The first-order valence-electron chi connectivity index (χ1n) is 8.77. The van der Waals surface area contributed by atoms with Gasteiger partial charge in [0.2, 0.25) is 10.0 Å². The molecule has 0 saturated heterocycles. The summed E-state index contributed by atoms with van der Waals surface area (Å²) < 4.78 is 31.3. The maximum atomic E-state index is 10.9. The second-order valence-electron chi connectivity index (χ2n) is 6.21. The standard InChI is InChI=1S/C19H23N3O3S2/c1-27(23,24)21-13-4-12-20-14-11-15-7-9-16(10-8-15)25-19-22-17-5-2-3-6-18(17)26-19/h2-3,5-10,20-21H,4,11-14H2,1H3. The van der Waals surface area contributed by atoms with Crippen LogP contribution in [0.5, 0.6) is 10.9 Å². The molecule has 0 amide bonds. The molecule has 0 radical (unpaired) electrons. The Bertz CT molecular complexity index is 936. The summed E-state index contributed by atoms with van der Waals surface area (Å²) in [6.45, 7) is 2.09. The van der Waals surface area contributed by atoms with Crippen LogP contribution in [0.2, 0.25) is 0 Å². The second-order valence-corrected chi connectivity index (χ2v) is 9.04. The molecule has 1 heterocycles. The molecular formula is C19H23N3O3S2. The topological polar surface area (TPSA) is 80.3 Å². The largest absolute Gasteiger partial charge is 0.431 e. The Labute approximate surface area is 163 Å². The highest BCUT2D eigenvalue weighted by Gasteiger charge is 2.05. The van der Waals surface area contributed by atoms with E-state index in [2.05, 4.69) is 27.2 Å². The van der Waals surface area contributed by atoms with Crippen LogP contribution in [0.3, 0.4) is 0 Å². The molecule has 27 heavy (non-hydrogen) atoms. The van der Waals surface area contributed by atoms with Crippen LogP contribution in [0, 0.1) is 0 Å². The van der Waals surface area contributed by atoms with E-state index in [4.69, 9.17) is 4.74 Å². The summed E-state index contributed by atoms with van der Waals surface area (Å²) >= 11 is 1.53. The zero-order chi connectivity index (χ0) is 19.1. The maximum Gasteiger partial charge on any atom is 0.279 e. The van der Waals surface area contributed by atoms with Gasteiger partial charge in [0, 0.05) is 6.54 Å². The first-order valence-corrected chi connectivity index (χ1v) is 11.5. The van der Waals surface area contributed by atoms with E-state index in [9.17, 15) is 8.42 Å². The van der Waals surface area contributed by atoms with Crippen molar-refractivity contribution in [3.63, 3.8) is 0 Å². The van der Waals surface area contributed by atoms with Crippen LogP contribution in [0.1, 0.15) is 12.0 Å². The number of hydrogen-bond donors (Lipinski definition) is 2. The molecule has 3 rings (SSSR count). The number of aromatic nitrogens is 1. The molecule has 0 aliphatic heterocycles. The fraction of sp³-hybridized carbons (Fsp3) is 0.316. The SMILES string of the molecule is CS(=O)(=O)NCCCNCCc1ccc(Oc2nc3ccccc3s2)cc1. The average Bonchev–Trinajstić information content (AvgIpc) is 3.03. The fourth-order valence-corrected chi connectivity index (χ4v) is 3.90. The third kappa shape index (κ3) is 6.59. The van der Waals surface area contributed by atoms with Gasteiger partial charge in [0.1, 0.15) is 5.75 Å². The number of benzene rings is 2. The van der Waals surface area contributed by atoms with E-state index in [0.717, 1.165) is 41.9 Å². The minimum Gasteiger partial charge on any atom is -0.431 e. The molecule has 0 spiro atoms. The van der Waals surface area contributed by atoms with E-state index in [1.165, 1.54) is 23.2 Å². The molecule has 0 bridgehead atoms. The zero-order valence-electron chi connectivity index (χ0n) is 15.1. The summed E-state index contributed by atoms with van der Waals surface area (Å²) in [6.07, 6.45) is 2.84. The number of nitrogens with zero attached hydrogens (tertiary/aromatic N) is 1. The molecule has 0 aliphatic carbocycles. The monoisotopic (exact) mass is 405 g/mol. The molecule has 0 aliphatic rings. The predicted molar refractivity (Wildman–Crippen MR) is 110 cm³/mol. The minimum atomic E-state index is -3.09. The van der Waals surface area contributed by atoms with Gasteiger partial charge in [-0.3, -0.25) is 0 Å². The summed E-state index contributed by atoms with van der Waals surface area (Å²) in [6, 6.07) is 16.0. The quantitative estimate of drug-likeness (QED) is 0.507. The summed E-state index contributed by atoms with van der Waals surface area (Å²) in [7, 11) is -3.09. The van der Waals surface area contributed by atoms with Crippen molar-refractivity contribution in [1.29, 1.82) is 0 Å². The first kappa shape index (κ1) is 19.8. The van der Waals surface area contributed by atoms with Crippen LogP contribution in [0.25, 0.3) is 10.2 Å². The average molecular weight is 406 g/mol. The van der Waals surface area contributed by atoms with E-state index in [1.54, 1.807) is 0 Å². The van der Waals surface area contributed by atoms with Crippen LogP contribution < -0.4 is 14.8 Å². The van der Waals surface area contributed by atoms with Gasteiger partial charge in [-0.25, -0.2) is 18.1 Å². The van der Waals surface area contributed by atoms with Gasteiger partial charge in [0.05, 0.1) is 16.5 Å². The molecule has 8 heteroatoms. The van der Waals surface area contributed by atoms with E-state index >= 15 is 0 Å². The van der Waals surface area contributed by atoms with Gasteiger partial charge in [-0.15, -0.1) is 0 Å². The molecule has 3 aromatic rings. The Morgan fingerprint density at radius 2 is 1.81 bits per heavy atom. The second kappa shape index (κ2) is 9.27. The minimum absolute atomic E-state index is 0.462. The van der Waals surface area contributed by atoms with Gasteiger partial charge in [-0.2, -0.15) is 0 Å². The third-order valence-electron chi connectivity index (χ3n) is 3.89. The number of nitrogens with one attached hydrogen (secondary N) is 2. The van der Waals surface area contributed by atoms with Crippen molar-refractivity contribution >= 4 is 31.6 Å². The lowest BCUT2D eigenvalue weighted by atomic mass is 10.1. The lowest BCUT2D eigenvalue weighted by Gasteiger charge is -2.06. The van der Waals surface area contributed by atoms with E-state index < -0.39 is 10.0 Å². The summed E-state index contributed by atoms with van der Waals surface area (Å²) in [5, 5.41) is 3.96. The van der Waals surface area contributed by atoms with Gasteiger partial charge >= 0.3 is 0 Å². The number of para-hydroxylation sites is 1. The summed E-state index contributed by atoms with van der Waals surface area (Å²) in [5.41, 5.74) is 2.17. The number of ether oxygens (including phenoxy) is 1. The van der Waals surface area contributed by atoms with Gasteiger partial charge in [0.15, 0.2) is 0 Å². The highest BCUT2D eigenvalue weighted by Crippen LogP contribution is 2.31. The number of hydrogen-bond acceptors (Lipinski definition) is 6. The van der Waals surface area contributed by atoms with Crippen LogP contribution in [0.15, 0.2) is 48.5 Å². The Balaban J connectivity index is 1.40. The number of sulfonamides is 1. The molecule has 2 N–H and O–H groups in total. The number of fused-ring (bicyclic) bond motifs is 1. The molecule has 0 unspecified atom stereocenters. The zero-order valence-corrected chi connectivity index (χ0v) is 16.8. The van der Waals surface area contributed by atoms with Gasteiger partial charge in [0.25, 0.3) is 5.19 Å². The Morgan fingerprint density at radius 1 is 1.04 bits per heavy atom. The predicted octanol–water partition coefficient (Wildman–Crippen LogP) is 3.16. The number of thiazole rings is 1. The van der Waals surface area contributed by atoms with E-state index in [-0.39, 0.29) is 0 Å². The lowest BCUT2D eigenvalue weighted by molar-refractivity contribution is 0.480. The molecule has 0 atom stereocenters. The van der Waals surface area contributed by atoms with Crippen molar-refractivity contribution in [2.45, 2.75) is 12.8 Å². The van der Waals surface area contributed by atoms with E-state index in [0.29, 0.717) is 11.7 Å². The first-order chi connectivity index (χ1) is 13.0. The normalized spacial score (nSPS) is 11.7. The van der Waals surface area contributed by atoms with Crippen LogP contribution >= 0.6 is 11.3 Å². The Kier molecular flexibility index (Phi) is 6.78. The summed E-state index contributed by atoms with van der Waals surface area (Å²) in [4.78, 5) is 4.47. The molecule has 0 fully saturated rings. The van der Waals surface area contributed by atoms with E-state index in [1.807, 2.05) is 36.4 Å². The summed E-state index contributed by atoms with van der Waals surface area (Å²) in [5.74, 6) is 0.776. The lowest BCUT2D eigenvalue weighted by Crippen LogP contribution is -2.27. The molecule has 144 valence electrons. The molecule has 2 aromatic carbocycles. The molecule has 0 saturated carbocycles. The highest BCUT2D eigenvalue weighted by molar-refractivity contribution is 7.88. The van der Waals surface area contributed by atoms with Crippen molar-refractivity contribution in [3.05, 3.63) is 54.1 Å². The van der Waals surface area contributed by atoms with Crippen LogP contribution in [-0.4, -0.2) is 39.3 Å². The molecule has 1 aromatic heterocycles. The Morgan fingerprint density at radius 3 is 2.56 bits per heavy atom. The van der Waals surface area contributed by atoms with Gasteiger partial charge < -0.3 is 10.1 Å². The molecular weight excluding hydrogens is 382 g/mol. The van der Waals surface area contributed by atoms with Crippen LogP contribution in [0.4, 0.5) is 0 Å². The molecule has 6 nitrogen and oxygen atoms in total. The van der Waals surface area contributed by atoms with Crippen molar-refractivity contribution in [2.24, 2.45) is 0 Å². The highest BCUT2D eigenvalue weighted by atomic mass is 32.2. The van der Waals surface area contributed by atoms with Gasteiger partial charge in [-0.05, 0) is 55.8 Å². The maximum absolute atomic E-state index is 10.9. The van der Waals surface area contributed by atoms with Crippen molar-refractivity contribution in [2.75, 3.05) is 25.9 Å². The van der Waals surface area contributed by atoms with Crippen LogP contribution in [-0.2, 0) is 16.4 Å². The third-order valence-corrected chi connectivity index (χ3v) is 5.53. The van der Waals surface area contributed by atoms with Gasteiger partial charge in [-0.1, -0.05) is 35.6 Å². The fourth-order valence-electron chi connectivity index (χ4n) is 2.55. The van der Waals surface area contributed by atoms with Crippen molar-refractivity contribution < 1.29 is 13.2 Å². The van der Waals surface area contributed by atoms with Crippen molar-refractivity contribution in [1.82, 2.24) is 15.0 Å².